The van der Waals surface area contributed by atoms with E-state index in [1.807, 2.05) is 0 Å². The molecule has 234 valence electrons. The zero-order chi connectivity index (χ0) is 29.7. The predicted octanol–water partition coefficient (Wildman–Crippen LogP) is 11.9. The average molecular weight is 661 g/mol. The van der Waals surface area contributed by atoms with Gasteiger partial charge in [0, 0.05) is 26.8 Å². The minimum atomic E-state index is 0. The van der Waals surface area contributed by atoms with Crippen LogP contribution in [0.2, 0.25) is 0 Å². The molecule has 0 spiro atoms. The van der Waals surface area contributed by atoms with E-state index in [4.69, 9.17) is 9.98 Å². The number of rotatable bonds is 19. The number of benzene rings is 2. The number of aliphatic imine (C=N–C) groups is 2. The minimum absolute atomic E-state index is 0. The van der Waals surface area contributed by atoms with Gasteiger partial charge in [0.1, 0.15) is 5.71 Å². The molecule has 0 aliphatic rings. The number of nitrogens with zero attached hydrogens (tertiary/aromatic N) is 2. The molecule has 0 radical (unpaired) electrons. The number of hydrogen-bond donors (Lipinski definition) is 0. The Bertz CT molecular complexity index is 1100. The van der Waals surface area contributed by atoms with Crippen LogP contribution in [0.15, 0.2) is 46.4 Å². The molecule has 0 heterocycles. The minimum Gasteiger partial charge on any atom is -0.250 e. The van der Waals surface area contributed by atoms with Crippen LogP contribution in [0.3, 0.4) is 0 Å². The first-order valence-electron chi connectivity index (χ1n) is 17.0. The van der Waals surface area contributed by atoms with Crippen molar-refractivity contribution in [3.8, 4) is 11.8 Å². The molecule has 0 N–H and O–H groups in total. The quantitative estimate of drug-likeness (QED) is 0.0620. The van der Waals surface area contributed by atoms with Crippen LogP contribution in [0, 0.1) is 11.8 Å². The second-order valence-corrected chi connectivity index (χ2v) is 11.4. The molecule has 0 fully saturated rings. The molecule has 0 amide bonds. The van der Waals surface area contributed by atoms with E-state index >= 15 is 0 Å². The van der Waals surface area contributed by atoms with Crippen molar-refractivity contribution in [3.05, 3.63) is 58.7 Å². The average Bonchev–Trinajstić information content (AvgIpc) is 3.00. The smallest absolute Gasteiger partial charge is 0.135 e. The Balaban J connectivity index is 0.00000882. The van der Waals surface area contributed by atoms with Crippen molar-refractivity contribution in [1.82, 2.24) is 0 Å². The second-order valence-electron chi connectivity index (χ2n) is 11.4. The summed E-state index contributed by atoms with van der Waals surface area (Å²) in [6.45, 7) is 13.4. The van der Waals surface area contributed by atoms with Crippen LogP contribution in [0.4, 0.5) is 11.4 Å². The van der Waals surface area contributed by atoms with Crippen molar-refractivity contribution in [1.29, 1.82) is 0 Å². The molecule has 0 aromatic heterocycles. The van der Waals surface area contributed by atoms with Gasteiger partial charge in [-0.1, -0.05) is 117 Å². The van der Waals surface area contributed by atoms with Gasteiger partial charge in [0.15, 0.2) is 0 Å². The van der Waals surface area contributed by atoms with Crippen molar-refractivity contribution in [2.75, 3.05) is 0 Å². The zero-order valence-electron chi connectivity index (χ0n) is 27.7. The molecule has 0 unspecified atom stereocenters. The fourth-order valence-electron chi connectivity index (χ4n) is 5.12. The molecule has 2 aromatic carbocycles. The summed E-state index contributed by atoms with van der Waals surface area (Å²) in [5, 5.41) is 0. The summed E-state index contributed by atoms with van der Waals surface area (Å²) in [5.41, 5.74) is 9.28. The van der Waals surface area contributed by atoms with Crippen LogP contribution in [-0.2, 0) is 46.1 Å². The van der Waals surface area contributed by atoms with Crippen LogP contribution in [0.1, 0.15) is 147 Å². The molecule has 0 saturated carbocycles. The Morgan fingerprint density at radius 1 is 0.524 bits per heavy atom. The monoisotopic (exact) mass is 660 g/mol. The fraction of sp³-hybridized carbons (Fsp3) is 0.590. The van der Waals surface area contributed by atoms with Gasteiger partial charge < -0.3 is 0 Å². The molecule has 0 aliphatic carbocycles. The van der Waals surface area contributed by atoms with Crippen LogP contribution < -0.4 is 0 Å². The molecule has 2 rings (SSSR count). The summed E-state index contributed by atoms with van der Waals surface area (Å²) < 4.78 is 0. The van der Waals surface area contributed by atoms with E-state index in [-0.39, 0.29) is 20.4 Å². The summed E-state index contributed by atoms with van der Waals surface area (Å²) in [6, 6.07) is 13.6. The predicted molar refractivity (Wildman–Crippen MR) is 184 cm³/mol. The van der Waals surface area contributed by atoms with Gasteiger partial charge >= 0.3 is 0 Å². The van der Waals surface area contributed by atoms with Gasteiger partial charge in [-0.2, -0.15) is 0 Å². The topological polar surface area (TPSA) is 24.7 Å². The summed E-state index contributed by atoms with van der Waals surface area (Å²) in [5.74, 6) is 7.03. The maximum absolute atomic E-state index is 5.25. The van der Waals surface area contributed by atoms with E-state index in [1.54, 1.807) is 0 Å². The second kappa shape index (κ2) is 23.5. The van der Waals surface area contributed by atoms with Gasteiger partial charge in [-0.15, -0.1) is 0 Å². The number of hydrogen-bond acceptors (Lipinski definition) is 2. The normalized spacial score (nSPS) is 11.7. The Morgan fingerprint density at radius 3 is 1.40 bits per heavy atom. The molecule has 42 heavy (non-hydrogen) atoms. The van der Waals surface area contributed by atoms with Crippen molar-refractivity contribution in [2.45, 2.75) is 151 Å². The van der Waals surface area contributed by atoms with Crippen molar-refractivity contribution >= 4 is 22.8 Å². The van der Waals surface area contributed by atoms with E-state index in [0.29, 0.717) is 0 Å². The molecule has 0 atom stereocenters. The van der Waals surface area contributed by atoms with E-state index in [0.717, 1.165) is 74.2 Å². The van der Waals surface area contributed by atoms with Crippen LogP contribution in [0.25, 0.3) is 0 Å². The molecular formula is C39H58N2Pd. The van der Waals surface area contributed by atoms with E-state index in [2.05, 4.69) is 89.8 Å². The Labute approximate surface area is 273 Å². The molecule has 0 bridgehead atoms. The summed E-state index contributed by atoms with van der Waals surface area (Å²) in [6.07, 6.45) is 20.1. The zero-order valence-corrected chi connectivity index (χ0v) is 29.3. The van der Waals surface area contributed by atoms with Crippen LogP contribution >= 0.6 is 0 Å². The summed E-state index contributed by atoms with van der Waals surface area (Å²) >= 11 is 0. The van der Waals surface area contributed by atoms with Gasteiger partial charge in [-0.25, -0.2) is 4.99 Å². The SMILES string of the molecule is CCCCCCCCCCCC#CC(=N\c1cc(CC)cc(CC)c1)/C(CCCC)=N/c1cc(CC)cc(CC)c1.[Pd]. The third-order valence-corrected chi connectivity index (χ3v) is 7.87. The third-order valence-electron chi connectivity index (χ3n) is 7.87. The first-order chi connectivity index (χ1) is 20.1. The Morgan fingerprint density at radius 2 is 0.952 bits per heavy atom. The van der Waals surface area contributed by atoms with Gasteiger partial charge in [-0.05, 0) is 97.4 Å². The number of aryl methyl sites for hydroxylation is 4. The molecule has 3 heteroatoms. The largest absolute Gasteiger partial charge is 0.250 e. The molecule has 2 nitrogen and oxygen atoms in total. The summed E-state index contributed by atoms with van der Waals surface area (Å²) in [4.78, 5) is 10.5. The number of unbranched alkanes of at least 4 members (excludes halogenated alkanes) is 10. The standard InChI is InChI=1S/C39H58N2.Pd/c1-7-13-15-16-17-18-19-20-21-22-23-25-39(41-37-30-34(11-5)27-35(12-6)31-37)38(24-14-8-2)40-36-28-32(9-3)26-33(10-4)29-36;/h26-31H,7-22,24H2,1-6H3;/b40-38+,41-39+;. The van der Waals surface area contributed by atoms with E-state index < -0.39 is 0 Å². The summed E-state index contributed by atoms with van der Waals surface area (Å²) in [7, 11) is 0. The maximum atomic E-state index is 5.25. The van der Waals surface area contributed by atoms with Crippen molar-refractivity contribution < 1.29 is 20.4 Å². The first kappa shape index (κ1) is 38.0. The molecule has 2 aromatic rings. The van der Waals surface area contributed by atoms with Crippen LogP contribution in [-0.4, -0.2) is 11.4 Å². The van der Waals surface area contributed by atoms with E-state index in [9.17, 15) is 0 Å². The maximum Gasteiger partial charge on any atom is 0.135 e. The van der Waals surface area contributed by atoms with Crippen molar-refractivity contribution in [2.24, 2.45) is 9.98 Å². The van der Waals surface area contributed by atoms with Gasteiger partial charge in [0.2, 0.25) is 0 Å². The first-order valence-corrected chi connectivity index (χ1v) is 17.0. The third kappa shape index (κ3) is 14.9. The molecular weight excluding hydrogens is 603 g/mol. The molecule has 0 saturated heterocycles. The van der Waals surface area contributed by atoms with Crippen LogP contribution in [0.5, 0.6) is 0 Å². The van der Waals surface area contributed by atoms with Crippen molar-refractivity contribution in [3.63, 3.8) is 0 Å². The fourth-order valence-corrected chi connectivity index (χ4v) is 5.12. The Kier molecular flexibility index (Phi) is 21.2. The van der Waals surface area contributed by atoms with E-state index in [1.165, 1.54) is 80.0 Å². The van der Waals surface area contributed by atoms with Gasteiger partial charge in [0.25, 0.3) is 0 Å². The van der Waals surface area contributed by atoms with Gasteiger partial charge in [0.05, 0.1) is 17.1 Å². The molecule has 0 aliphatic heterocycles. The Hall–Kier alpha value is -2.00. The van der Waals surface area contributed by atoms with Gasteiger partial charge in [-0.3, -0.25) is 4.99 Å².